The number of hydrogen-bond acceptors (Lipinski definition) is 8. The topological polar surface area (TPSA) is 160 Å². The lowest BCUT2D eigenvalue weighted by atomic mass is 9.96. The van der Waals surface area contributed by atoms with Crippen LogP contribution in [-0.4, -0.2) is 70.0 Å². The molecule has 0 unspecified atom stereocenters. The Hall–Kier alpha value is -2.21. The number of aliphatic hydroxyl groups excluding tert-OH is 1. The van der Waals surface area contributed by atoms with E-state index in [1.165, 1.54) is 7.11 Å². The number of benzene rings is 1. The summed E-state index contributed by atoms with van der Waals surface area (Å²) in [5.74, 6) is -0.533. The Morgan fingerprint density at radius 1 is 1.41 bits per heavy atom. The summed E-state index contributed by atoms with van der Waals surface area (Å²) in [5.41, 5.74) is 8.78. The van der Waals surface area contributed by atoms with Gasteiger partial charge in [-0.3, -0.25) is 8.98 Å². The molecule has 0 spiro atoms. The Balaban J connectivity index is 2.31. The molecule has 1 aromatic carbocycles. The monoisotopic (exact) mass is 400 g/mol. The molecule has 1 amide bonds. The van der Waals surface area contributed by atoms with E-state index in [0.717, 1.165) is 6.26 Å². The van der Waals surface area contributed by atoms with Gasteiger partial charge in [-0.25, -0.2) is 0 Å². The highest BCUT2D eigenvalue weighted by molar-refractivity contribution is 7.86. The number of rotatable bonds is 7. The Bertz CT molecular complexity index is 798. The van der Waals surface area contributed by atoms with Crippen LogP contribution in [0.15, 0.2) is 35.4 Å². The molecule has 2 rings (SSSR count). The van der Waals surface area contributed by atoms with E-state index in [4.69, 9.17) is 19.2 Å². The number of nitrogens with one attached hydrogen (secondary N) is 1. The van der Waals surface area contributed by atoms with Crippen molar-refractivity contribution in [3.63, 3.8) is 0 Å². The number of azide groups is 1. The zero-order valence-electron chi connectivity index (χ0n) is 14.6. The van der Waals surface area contributed by atoms with E-state index in [2.05, 4.69) is 15.3 Å². The minimum atomic E-state index is -3.99. The third kappa shape index (κ3) is 5.63. The summed E-state index contributed by atoms with van der Waals surface area (Å²) < 4.78 is 39.0. The summed E-state index contributed by atoms with van der Waals surface area (Å²) in [5, 5.41) is 16.4. The van der Waals surface area contributed by atoms with Gasteiger partial charge in [0.15, 0.2) is 6.29 Å². The van der Waals surface area contributed by atoms with Crippen molar-refractivity contribution >= 4 is 16.0 Å². The highest BCUT2D eigenvalue weighted by Gasteiger charge is 2.48. The van der Waals surface area contributed by atoms with E-state index >= 15 is 0 Å². The molecule has 2 N–H and O–H groups in total. The van der Waals surface area contributed by atoms with Crippen LogP contribution >= 0.6 is 0 Å². The number of aliphatic hydroxyl groups is 1. The van der Waals surface area contributed by atoms with Crippen LogP contribution in [0.4, 0.5) is 0 Å². The smallest absolute Gasteiger partial charge is 0.264 e. The third-order valence-corrected chi connectivity index (χ3v) is 4.42. The molecule has 0 saturated carbocycles. The van der Waals surface area contributed by atoms with Crippen molar-refractivity contribution in [2.24, 2.45) is 5.11 Å². The predicted molar refractivity (Wildman–Crippen MR) is 93.1 cm³/mol. The lowest BCUT2D eigenvalue weighted by Crippen LogP contribution is -2.65. The van der Waals surface area contributed by atoms with Crippen molar-refractivity contribution in [2.45, 2.75) is 30.6 Å². The lowest BCUT2D eigenvalue weighted by molar-refractivity contribution is -0.247. The summed E-state index contributed by atoms with van der Waals surface area (Å²) in [4.78, 5) is 15.1. The highest BCUT2D eigenvalue weighted by Crippen LogP contribution is 2.26. The minimum Gasteiger partial charge on any atom is -0.388 e. The summed E-state index contributed by atoms with van der Waals surface area (Å²) in [7, 11) is -2.71. The van der Waals surface area contributed by atoms with Crippen LogP contribution in [0.1, 0.15) is 10.4 Å². The molecule has 1 aliphatic heterocycles. The van der Waals surface area contributed by atoms with Gasteiger partial charge in [0.1, 0.15) is 18.2 Å². The number of nitrogens with zero attached hydrogens (tertiary/aromatic N) is 3. The van der Waals surface area contributed by atoms with Crippen LogP contribution in [-0.2, 0) is 23.8 Å². The normalized spacial score (nSPS) is 28.2. The average Bonchev–Trinajstić information content (AvgIpc) is 2.63. The van der Waals surface area contributed by atoms with Crippen LogP contribution in [0, 0.1) is 0 Å². The highest BCUT2D eigenvalue weighted by atomic mass is 32.2. The maximum atomic E-state index is 12.5. The molecule has 0 aliphatic carbocycles. The van der Waals surface area contributed by atoms with Crippen LogP contribution in [0.2, 0.25) is 0 Å². The fourth-order valence-electron chi connectivity index (χ4n) is 2.68. The summed E-state index contributed by atoms with van der Waals surface area (Å²) >= 11 is 0. The van der Waals surface area contributed by atoms with Gasteiger partial charge in [-0.15, -0.1) is 0 Å². The van der Waals surface area contributed by atoms with Gasteiger partial charge >= 0.3 is 0 Å². The van der Waals surface area contributed by atoms with Crippen molar-refractivity contribution in [3.8, 4) is 0 Å². The Morgan fingerprint density at radius 3 is 2.63 bits per heavy atom. The van der Waals surface area contributed by atoms with E-state index in [1.54, 1.807) is 30.3 Å². The summed E-state index contributed by atoms with van der Waals surface area (Å²) in [6, 6.07) is 7.04. The molecule has 148 valence electrons. The molecule has 1 saturated heterocycles. The van der Waals surface area contributed by atoms with Crippen molar-refractivity contribution in [2.75, 3.05) is 19.9 Å². The average molecular weight is 400 g/mol. The maximum Gasteiger partial charge on any atom is 0.264 e. The fraction of sp³-hybridized carbons (Fsp3) is 0.533. The molecule has 1 fully saturated rings. The number of carbonyl (C=O) groups excluding carboxylic acids is 1. The van der Waals surface area contributed by atoms with E-state index in [-0.39, 0.29) is 6.54 Å². The van der Waals surface area contributed by atoms with Crippen molar-refractivity contribution in [1.29, 1.82) is 0 Å². The molecular weight excluding hydrogens is 380 g/mol. The quantitative estimate of drug-likeness (QED) is 0.285. The number of ether oxygens (including phenoxy) is 2. The third-order valence-electron chi connectivity index (χ3n) is 3.85. The van der Waals surface area contributed by atoms with E-state index < -0.39 is 46.7 Å². The van der Waals surface area contributed by atoms with E-state index in [9.17, 15) is 18.3 Å². The zero-order chi connectivity index (χ0) is 20.0. The Kier molecular flexibility index (Phi) is 7.13. The molecule has 5 atom stereocenters. The summed E-state index contributed by atoms with van der Waals surface area (Å²) in [6.45, 7) is -0.277. The van der Waals surface area contributed by atoms with E-state index in [0.29, 0.717) is 5.56 Å². The number of methoxy groups -OCH3 is 1. The summed E-state index contributed by atoms with van der Waals surface area (Å²) in [6.07, 6.45) is -4.33. The first-order valence-electron chi connectivity index (χ1n) is 7.88. The molecule has 0 bridgehead atoms. The molecule has 27 heavy (non-hydrogen) atoms. The van der Waals surface area contributed by atoms with Crippen LogP contribution < -0.4 is 5.32 Å². The van der Waals surface area contributed by atoms with Crippen molar-refractivity contribution < 1.29 is 32.0 Å². The second kappa shape index (κ2) is 9.13. The largest absolute Gasteiger partial charge is 0.388 e. The molecule has 1 heterocycles. The van der Waals surface area contributed by atoms with Gasteiger partial charge in [0.25, 0.3) is 16.0 Å². The molecule has 11 nitrogen and oxygen atoms in total. The Morgan fingerprint density at radius 2 is 2.07 bits per heavy atom. The zero-order valence-corrected chi connectivity index (χ0v) is 15.4. The first-order chi connectivity index (χ1) is 12.8. The maximum absolute atomic E-state index is 12.5. The van der Waals surface area contributed by atoms with Crippen molar-refractivity contribution in [3.05, 3.63) is 46.3 Å². The first-order valence-corrected chi connectivity index (χ1v) is 9.70. The van der Waals surface area contributed by atoms with Gasteiger partial charge in [-0.05, 0) is 17.7 Å². The number of amides is 1. The minimum absolute atomic E-state index is 0.277. The molecule has 0 radical (unpaired) electrons. The Labute approximate surface area is 156 Å². The van der Waals surface area contributed by atoms with Gasteiger partial charge < -0.3 is 19.9 Å². The first kappa shape index (κ1) is 21.1. The van der Waals surface area contributed by atoms with Gasteiger partial charge in [-0.1, -0.05) is 23.3 Å². The SMILES string of the molecule is CO[C@@H]1O[C@@H](CN=[N+]=[N-])[C@@H](O)[C@H](OS(C)(=O)=O)[C@H]1NC(=O)c1ccccc1. The molecule has 12 heteroatoms. The second-order valence-corrected chi connectivity index (χ2v) is 7.41. The van der Waals surface area contributed by atoms with Crippen LogP contribution in [0.25, 0.3) is 10.4 Å². The lowest BCUT2D eigenvalue weighted by Gasteiger charge is -2.43. The van der Waals surface area contributed by atoms with Gasteiger partial charge in [-0.2, -0.15) is 8.42 Å². The van der Waals surface area contributed by atoms with Crippen LogP contribution in [0.5, 0.6) is 0 Å². The van der Waals surface area contributed by atoms with Gasteiger partial charge in [0.2, 0.25) is 0 Å². The fourth-order valence-corrected chi connectivity index (χ4v) is 3.32. The standard InChI is InChI=1S/C15H20N4O7S/c1-24-15-11(18-14(21)9-6-4-3-5-7-9)13(26-27(2,22)23)12(20)10(25-15)8-17-19-16/h3-7,10-13,15,20H,8H2,1-2H3,(H,18,21)/t10-,11+,12+,13+,15+/m0/s1. The van der Waals surface area contributed by atoms with Crippen LogP contribution in [0.3, 0.4) is 0 Å². The molecule has 0 aromatic heterocycles. The van der Waals surface area contributed by atoms with Gasteiger partial charge in [0.05, 0.1) is 18.9 Å². The van der Waals surface area contributed by atoms with Gasteiger partial charge in [0, 0.05) is 17.6 Å². The second-order valence-electron chi connectivity index (χ2n) is 5.81. The molecular formula is C15H20N4O7S. The molecule has 1 aromatic rings. The van der Waals surface area contributed by atoms with Crippen molar-refractivity contribution in [1.82, 2.24) is 5.32 Å². The number of hydrogen-bond donors (Lipinski definition) is 2. The van der Waals surface area contributed by atoms with E-state index in [1.807, 2.05) is 0 Å². The number of carbonyl (C=O) groups is 1. The predicted octanol–water partition coefficient (Wildman–Crippen LogP) is 0.172. The molecule has 1 aliphatic rings.